The van der Waals surface area contributed by atoms with Gasteiger partial charge in [0.15, 0.2) is 0 Å². The zero-order valence-corrected chi connectivity index (χ0v) is 25.5. The summed E-state index contributed by atoms with van der Waals surface area (Å²) in [5.74, 6) is -1.02. The van der Waals surface area contributed by atoms with Gasteiger partial charge < -0.3 is 10.2 Å². The largest absolute Gasteiger partial charge is 0.354 e. The van der Waals surface area contributed by atoms with E-state index in [1.807, 2.05) is 6.92 Å². The lowest BCUT2D eigenvalue weighted by atomic mass is 10.1. The fourth-order valence-electron chi connectivity index (χ4n) is 4.25. The number of hydrogen-bond donors (Lipinski definition) is 1. The number of unbranched alkanes of at least 4 members (excludes halogenated alkanes) is 1. The maximum atomic E-state index is 14.0. The average molecular weight is 636 g/mol. The molecular formula is C29H32Cl2N4O6S. The topological polar surface area (TPSA) is 130 Å². The number of nitrogens with one attached hydrogen (secondary N) is 1. The van der Waals surface area contributed by atoms with Gasteiger partial charge >= 0.3 is 0 Å². The first-order chi connectivity index (χ1) is 20.0. The first-order valence-corrected chi connectivity index (χ1v) is 15.5. The van der Waals surface area contributed by atoms with Crippen molar-refractivity contribution in [3.8, 4) is 0 Å². The van der Waals surface area contributed by atoms with Gasteiger partial charge in [-0.05, 0) is 54.8 Å². The summed E-state index contributed by atoms with van der Waals surface area (Å²) in [5, 5.41) is 14.7. The van der Waals surface area contributed by atoms with Crippen LogP contribution >= 0.6 is 23.2 Å². The van der Waals surface area contributed by atoms with Gasteiger partial charge in [0.05, 0.1) is 25.6 Å². The Balaban J connectivity index is 2.06. The molecule has 0 spiro atoms. The van der Waals surface area contributed by atoms with E-state index in [4.69, 9.17) is 23.2 Å². The summed E-state index contributed by atoms with van der Waals surface area (Å²) in [6.07, 6.45) is 1.88. The predicted octanol–water partition coefficient (Wildman–Crippen LogP) is 5.82. The molecule has 1 N–H and O–H groups in total. The fraction of sp³-hybridized carbons (Fsp3) is 0.310. The molecule has 2 amide bonds. The van der Waals surface area contributed by atoms with Gasteiger partial charge in [0.2, 0.25) is 11.8 Å². The van der Waals surface area contributed by atoms with Crippen LogP contribution in [0.4, 0.5) is 11.4 Å². The van der Waals surface area contributed by atoms with Crippen molar-refractivity contribution in [1.82, 2.24) is 10.2 Å². The third-order valence-electron chi connectivity index (χ3n) is 6.51. The van der Waals surface area contributed by atoms with Crippen LogP contribution < -0.4 is 9.62 Å². The zero-order chi connectivity index (χ0) is 30.9. The van der Waals surface area contributed by atoms with Gasteiger partial charge in [0.25, 0.3) is 15.7 Å². The lowest BCUT2D eigenvalue weighted by Gasteiger charge is -2.33. The second-order valence-electron chi connectivity index (χ2n) is 9.44. The Morgan fingerprint density at radius 2 is 1.64 bits per heavy atom. The maximum absolute atomic E-state index is 14.0. The molecule has 0 aliphatic carbocycles. The van der Waals surface area contributed by atoms with Crippen LogP contribution in [0.5, 0.6) is 0 Å². The van der Waals surface area contributed by atoms with Gasteiger partial charge in [-0.1, -0.05) is 67.7 Å². The Kier molecular flexibility index (Phi) is 11.7. The SMILES string of the molecule is CCCCNC(=O)[C@H](CC)N(Cc1ccc(Cl)c(Cl)c1)C(=O)CN(c1ccc([N+](=O)[O-])cc1)S(=O)(=O)c1ccccc1. The van der Waals surface area contributed by atoms with Crippen LogP contribution in [0.15, 0.2) is 77.7 Å². The molecular weight excluding hydrogens is 603 g/mol. The number of nitro groups is 1. The fourth-order valence-corrected chi connectivity index (χ4v) is 6.01. The number of non-ortho nitro benzene ring substituents is 1. The molecule has 3 rings (SSSR count). The van der Waals surface area contributed by atoms with Gasteiger partial charge in [0.1, 0.15) is 12.6 Å². The van der Waals surface area contributed by atoms with Crippen molar-refractivity contribution >= 4 is 56.4 Å². The van der Waals surface area contributed by atoms with Crippen LogP contribution in [-0.4, -0.2) is 49.2 Å². The number of halogens is 2. The highest BCUT2D eigenvalue weighted by atomic mass is 35.5. The van der Waals surface area contributed by atoms with E-state index in [1.54, 1.807) is 43.3 Å². The minimum atomic E-state index is -4.29. The Bertz CT molecular complexity index is 1500. The molecule has 10 nitrogen and oxygen atoms in total. The molecule has 1 atom stereocenters. The summed E-state index contributed by atoms with van der Waals surface area (Å²) >= 11 is 12.3. The number of anilines is 1. The molecule has 0 aliphatic heterocycles. The zero-order valence-electron chi connectivity index (χ0n) is 23.2. The number of rotatable bonds is 14. The second-order valence-corrected chi connectivity index (χ2v) is 12.1. The number of carbonyl (C=O) groups excluding carboxylic acids is 2. The van der Waals surface area contributed by atoms with E-state index in [9.17, 15) is 28.1 Å². The molecule has 0 saturated heterocycles. The lowest BCUT2D eigenvalue weighted by molar-refractivity contribution is -0.384. The summed E-state index contributed by atoms with van der Waals surface area (Å²) in [4.78, 5) is 39.1. The van der Waals surface area contributed by atoms with Gasteiger partial charge in [-0.2, -0.15) is 0 Å². The standard InChI is InChI=1S/C29H32Cl2N4O6S/c1-3-5-17-32-29(37)27(4-2)33(19-21-11-16-25(30)26(31)18-21)28(36)20-34(22-12-14-23(15-13-22)35(38)39)42(40,41)24-9-7-6-8-10-24/h6-16,18,27H,3-5,17,19-20H2,1-2H3,(H,32,37)/t27-/m0/s1. The van der Waals surface area contributed by atoms with E-state index in [1.165, 1.54) is 29.2 Å². The van der Waals surface area contributed by atoms with Crippen molar-refractivity contribution in [2.75, 3.05) is 17.4 Å². The van der Waals surface area contributed by atoms with Crippen molar-refractivity contribution in [1.29, 1.82) is 0 Å². The minimum Gasteiger partial charge on any atom is -0.354 e. The summed E-state index contributed by atoms with van der Waals surface area (Å²) < 4.78 is 28.5. The molecule has 0 saturated carbocycles. The Hall–Kier alpha value is -3.67. The molecule has 3 aromatic carbocycles. The Morgan fingerprint density at radius 3 is 2.21 bits per heavy atom. The highest BCUT2D eigenvalue weighted by Crippen LogP contribution is 2.28. The van der Waals surface area contributed by atoms with Crippen molar-refractivity contribution < 1.29 is 22.9 Å². The molecule has 0 heterocycles. The van der Waals surface area contributed by atoms with Crippen molar-refractivity contribution in [3.05, 3.63) is 98.5 Å². The number of hydrogen-bond acceptors (Lipinski definition) is 6. The van der Waals surface area contributed by atoms with Crippen LogP contribution in [-0.2, 0) is 26.2 Å². The van der Waals surface area contributed by atoms with Crippen LogP contribution in [0.1, 0.15) is 38.7 Å². The van der Waals surface area contributed by atoms with Crippen LogP contribution in [0.3, 0.4) is 0 Å². The van der Waals surface area contributed by atoms with E-state index in [2.05, 4.69) is 5.32 Å². The van der Waals surface area contributed by atoms with E-state index < -0.39 is 33.4 Å². The quantitative estimate of drug-likeness (QED) is 0.135. The Labute approximate surface area is 255 Å². The molecule has 0 fully saturated rings. The lowest BCUT2D eigenvalue weighted by Crippen LogP contribution is -2.52. The first kappa shape index (κ1) is 32.8. The molecule has 3 aromatic rings. The maximum Gasteiger partial charge on any atom is 0.269 e. The predicted molar refractivity (Wildman–Crippen MR) is 163 cm³/mol. The van der Waals surface area contributed by atoms with Crippen molar-refractivity contribution in [3.63, 3.8) is 0 Å². The van der Waals surface area contributed by atoms with Gasteiger partial charge in [0, 0.05) is 25.2 Å². The monoisotopic (exact) mass is 634 g/mol. The van der Waals surface area contributed by atoms with Gasteiger partial charge in [-0.25, -0.2) is 8.42 Å². The van der Waals surface area contributed by atoms with Crippen molar-refractivity contribution in [2.24, 2.45) is 0 Å². The minimum absolute atomic E-state index is 0.0467. The smallest absolute Gasteiger partial charge is 0.269 e. The number of amides is 2. The number of nitrogens with zero attached hydrogens (tertiary/aromatic N) is 3. The van der Waals surface area contributed by atoms with E-state index in [-0.39, 0.29) is 40.2 Å². The Morgan fingerprint density at radius 1 is 0.976 bits per heavy atom. The first-order valence-electron chi connectivity index (χ1n) is 13.3. The van der Waals surface area contributed by atoms with Gasteiger partial charge in [-0.15, -0.1) is 0 Å². The van der Waals surface area contributed by atoms with Crippen molar-refractivity contribution in [2.45, 2.75) is 50.6 Å². The highest BCUT2D eigenvalue weighted by Gasteiger charge is 2.33. The number of benzene rings is 3. The molecule has 0 aromatic heterocycles. The van der Waals surface area contributed by atoms with E-state index in [0.717, 1.165) is 29.3 Å². The molecule has 0 bridgehead atoms. The normalized spacial score (nSPS) is 11.9. The molecule has 0 unspecified atom stereocenters. The highest BCUT2D eigenvalue weighted by molar-refractivity contribution is 7.92. The van der Waals surface area contributed by atoms with E-state index >= 15 is 0 Å². The van der Waals surface area contributed by atoms with E-state index in [0.29, 0.717) is 17.1 Å². The number of sulfonamides is 1. The molecule has 0 aliphatic rings. The number of nitro benzene ring substituents is 1. The van der Waals surface area contributed by atoms with Gasteiger partial charge in [-0.3, -0.25) is 24.0 Å². The number of carbonyl (C=O) groups is 2. The van der Waals surface area contributed by atoms with Crippen LogP contribution in [0.2, 0.25) is 10.0 Å². The van der Waals surface area contributed by atoms with Crippen LogP contribution in [0, 0.1) is 10.1 Å². The molecule has 224 valence electrons. The van der Waals surface area contributed by atoms with Crippen LogP contribution in [0.25, 0.3) is 0 Å². The molecule has 42 heavy (non-hydrogen) atoms. The third kappa shape index (κ3) is 8.21. The third-order valence-corrected chi connectivity index (χ3v) is 9.04. The average Bonchev–Trinajstić information content (AvgIpc) is 2.98. The summed E-state index contributed by atoms with van der Waals surface area (Å²) in [6, 6.07) is 16.3. The molecule has 0 radical (unpaired) electrons. The second kappa shape index (κ2) is 15.0. The summed E-state index contributed by atoms with van der Waals surface area (Å²) in [5.41, 5.74) is 0.399. The summed E-state index contributed by atoms with van der Waals surface area (Å²) in [6.45, 7) is 3.46. The summed E-state index contributed by atoms with van der Waals surface area (Å²) in [7, 11) is -4.29. The molecule has 13 heteroatoms.